The number of aromatic nitrogens is 6. The van der Waals surface area contributed by atoms with Crippen LogP contribution in [0.4, 0.5) is 0 Å². The fourth-order valence-corrected chi connectivity index (χ4v) is 2.75. The zero-order valence-electron chi connectivity index (χ0n) is 12.6. The van der Waals surface area contributed by atoms with Crippen LogP contribution in [0.2, 0.25) is 10.0 Å². The highest BCUT2D eigenvalue weighted by molar-refractivity contribution is 6.42. The molecule has 0 aliphatic carbocycles. The van der Waals surface area contributed by atoms with Crippen LogP contribution in [0.3, 0.4) is 0 Å². The van der Waals surface area contributed by atoms with Gasteiger partial charge in [-0.25, -0.2) is 19.2 Å². The molecule has 124 valence electrons. The Morgan fingerprint density at radius 1 is 1.08 bits per heavy atom. The van der Waals surface area contributed by atoms with Crippen LogP contribution in [0, 0.1) is 0 Å². The Morgan fingerprint density at radius 3 is 2.64 bits per heavy atom. The molecule has 0 fully saturated rings. The molecule has 0 amide bonds. The number of benzene rings is 1. The molecule has 9 heteroatoms. The first-order chi connectivity index (χ1) is 12.1. The van der Waals surface area contributed by atoms with Gasteiger partial charge in [-0.05, 0) is 24.3 Å². The molecule has 0 spiro atoms. The predicted molar refractivity (Wildman–Crippen MR) is 96.3 cm³/mol. The van der Waals surface area contributed by atoms with Crippen molar-refractivity contribution in [2.45, 2.75) is 0 Å². The van der Waals surface area contributed by atoms with Crippen molar-refractivity contribution in [3.05, 3.63) is 75.8 Å². The van der Waals surface area contributed by atoms with Crippen LogP contribution < -0.4 is 5.69 Å². The summed E-state index contributed by atoms with van der Waals surface area (Å²) in [6.45, 7) is 0. The van der Waals surface area contributed by atoms with E-state index in [9.17, 15) is 4.79 Å². The highest BCUT2D eigenvalue weighted by Gasteiger charge is 2.13. The maximum atomic E-state index is 12.5. The van der Waals surface area contributed by atoms with Crippen molar-refractivity contribution in [2.24, 2.45) is 0 Å². The number of hydrogen-bond donors (Lipinski definition) is 1. The van der Waals surface area contributed by atoms with E-state index in [0.29, 0.717) is 32.5 Å². The van der Waals surface area contributed by atoms with Crippen molar-refractivity contribution in [3.8, 4) is 0 Å². The van der Waals surface area contributed by atoms with Crippen LogP contribution in [-0.4, -0.2) is 28.7 Å². The highest BCUT2D eigenvalue weighted by atomic mass is 35.5. The molecule has 0 saturated carbocycles. The zero-order chi connectivity index (χ0) is 17.4. The number of fused-ring (bicyclic) bond motifs is 4. The molecule has 4 heterocycles. The maximum absolute atomic E-state index is 12.5. The van der Waals surface area contributed by atoms with E-state index >= 15 is 0 Å². The number of rotatable bonds is 0. The van der Waals surface area contributed by atoms with E-state index in [1.807, 2.05) is 6.07 Å². The van der Waals surface area contributed by atoms with Gasteiger partial charge in [0.1, 0.15) is 5.65 Å². The summed E-state index contributed by atoms with van der Waals surface area (Å²) in [5.41, 5.74) is 1.47. The number of halogens is 2. The normalized spacial score (nSPS) is 11.0. The van der Waals surface area contributed by atoms with Crippen molar-refractivity contribution in [1.82, 2.24) is 28.7 Å². The van der Waals surface area contributed by atoms with Crippen molar-refractivity contribution >= 4 is 45.7 Å². The lowest BCUT2D eigenvalue weighted by Crippen LogP contribution is -2.22. The van der Waals surface area contributed by atoms with Gasteiger partial charge >= 0.3 is 5.69 Å². The maximum Gasteiger partial charge on any atom is 0.341 e. The molecule has 0 unspecified atom stereocenters. The van der Waals surface area contributed by atoms with Gasteiger partial charge in [0.05, 0.1) is 27.4 Å². The molecule has 5 aromatic rings. The second kappa shape index (κ2) is 6.19. The van der Waals surface area contributed by atoms with Crippen LogP contribution in [0.1, 0.15) is 0 Å². The van der Waals surface area contributed by atoms with Crippen LogP contribution in [0.5, 0.6) is 0 Å². The van der Waals surface area contributed by atoms with E-state index in [4.69, 9.17) is 23.2 Å². The number of aromatic amines is 1. The Bertz CT molecular complexity index is 1230. The third kappa shape index (κ3) is 2.73. The Kier molecular flexibility index (Phi) is 3.87. The van der Waals surface area contributed by atoms with Crippen LogP contribution in [0.25, 0.3) is 22.5 Å². The molecule has 0 saturated heterocycles. The zero-order valence-corrected chi connectivity index (χ0v) is 14.1. The van der Waals surface area contributed by atoms with E-state index in [-0.39, 0.29) is 5.69 Å². The Labute approximate surface area is 150 Å². The summed E-state index contributed by atoms with van der Waals surface area (Å²) in [4.78, 5) is 27.6. The molecular formula is C16H10Cl2N6O. The second-order valence-corrected chi connectivity index (χ2v) is 5.90. The smallest absolute Gasteiger partial charge is 0.341 e. The van der Waals surface area contributed by atoms with Gasteiger partial charge in [-0.2, -0.15) is 4.98 Å². The minimum Gasteiger partial charge on any atom is -0.351 e. The van der Waals surface area contributed by atoms with Gasteiger partial charge in [-0.15, -0.1) is 0 Å². The minimum atomic E-state index is -0.244. The number of pyridine rings is 1. The summed E-state index contributed by atoms with van der Waals surface area (Å²) < 4.78 is 2.88. The standard InChI is InChI=1S/C13H6Cl2N4O.C3H4N2/c14-7-5-9-10(6-8(7)15)19-12(16-9)17-11-3-1-2-4-18(11)13(19)20;1-2-5-3-4-1/h1-6H;1-3H,(H,4,5). The molecule has 0 aliphatic heterocycles. The number of nitrogens with one attached hydrogen (secondary N) is 1. The molecule has 0 bridgehead atoms. The summed E-state index contributed by atoms with van der Waals surface area (Å²) >= 11 is 12.0. The van der Waals surface area contributed by atoms with Crippen molar-refractivity contribution in [1.29, 1.82) is 0 Å². The van der Waals surface area contributed by atoms with Crippen LogP contribution in [-0.2, 0) is 0 Å². The first-order valence-corrected chi connectivity index (χ1v) is 7.98. The second-order valence-electron chi connectivity index (χ2n) is 5.09. The molecule has 1 N–H and O–H groups in total. The van der Waals surface area contributed by atoms with E-state index in [1.54, 1.807) is 49.2 Å². The average Bonchev–Trinajstić information content (AvgIpc) is 3.27. The topological polar surface area (TPSA) is 80.4 Å². The summed E-state index contributed by atoms with van der Waals surface area (Å²) in [7, 11) is 0. The van der Waals surface area contributed by atoms with E-state index in [1.165, 1.54) is 8.80 Å². The largest absolute Gasteiger partial charge is 0.351 e. The van der Waals surface area contributed by atoms with Gasteiger partial charge in [0, 0.05) is 18.6 Å². The number of nitrogens with zero attached hydrogens (tertiary/aromatic N) is 5. The molecule has 0 radical (unpaired) electrons. The molecule has 0 aliphatic rings. The third-order valence-electron chi connectivity index (χ3n) is 3.54. The van der Waals surface area contributed by atoms with Gasteiger partial charge in [-0.1, -0.05) is 29.3 Å². The highest BCUT2D eigenvalue weighted by Crippen LogP contribution is 2.27. The fraction of sp³-hybridized carbons (Fsp3) is 0. The SMILES string of the molecule is O=c1n2ccccc2nc2nc3cc(Cl)c(Cl)cc3n12.c1c[nH]cn1. The van der Waals surface area contributed by atoms with Crippen molar-refractivity contribution < 1.29 is 0 Å². The molecule has 1 aromatic carbocycles. The van der Waals surface area contributed by atoms with Crippen LogP contribution in [0.15, 0.2) is 60.0 Å². The molecular weight excluding hydrogens is 363 g/mol. The number of H-pyrrole nitrogens is 1. The first-order valence-electron chi connectivity index (χ1n) is 7.22. The van der Waals surface area contributed by atoms with E-state index < -0.39 is 0 Å². The van der Waals surface area contributed by atoms with Gasteiger partial charge in [0.15, 0.2) is 0 Å². The summed E-state index contributed by atoms with van der Waals surface area (Å²) in [6, 6.07) is 8.58. The van der Waals surface area contributed by atoms with Crippen LogP contribution >= 0.6 is 23.2 Å². The van der Waals surface area contributed by atoms with Gasteiger partial charge < -0.3 is 4.98 Å². The molecule has 0 atom stereocenters. The quantitative estimate of drug-likeness (QED) is 0.452. The number of hydrogen-bond acceptors (Lipinski definition) is 4. The van der Waals surface area contributed by atoms with E-state index in [2.05, 4.69) is 19.9 Å². The number of imidazole rings is 2. The minimum absolute atomic E-state index is 0.244. The lowest BCUT2D eigenvalue weighted by molar-refractivity contribution is 0.921. The fourth-order valence-electron chi connectivity index (χ4n) is 2.44. The average molecular weight is 373 g/mol. The summed E-state index contributed by atoms with van der Waals surface area (Å²) in [5, 5.41) is 0.769. The molecule has 25 heavy (non-hydrogen) atoms. The van der Waals surface area contributed by atoms with Gasteiger partial charge in [0.2, 0.25) is 5.78 Å². The van der Waals surface area contributed by atoms with Gasteiger partial charge in [-0.3, -0.25) is 4.40 Å². The Balaban J connectivity index is 0.000000272. The first kappa shape index (κ1) is 15.6. The molecule has 4 aromatic heterocycles. The van der Waals surface area contributed by atoms with Crippen molar-refractivity contribution in [3.63, 3.8) is 0 Å². The third-order valence-corrected chi connectivity index (χ3v) is 4.26. The van der Waals surface area contributed by atoms with Crippen molar-refractivity contribution in [2.75, 3.05) is 0 Å². The molecule has 5 rings (SSSR count). The van der Waals surface area contributed by atoms with E-state index in [0.717, 1.165) is 0 Å². The molecule has 7 nitrogen and oxygen atoms in total. The Hall–Kier alpha value is -2.90. The summed E-state index contributed by atoms with van der Waals surface area (Å²) in [6.07, 6.45) is 6.74. The predicted octanol–water partition coefficient (Wildman–Crippen LogP) is 3.21. The lowest BCUT2D eigenvalue weighted by atomic mass is 10.3. The van der Waals surface area contributed by atoms with Gasteiger partial charge in [0.25, 0.3) is 0 Å². The lowest BCUT2D eigenvalue weighted by Gasteiger charge is -2.01. The monoisotopic (exact) mass is 372 g/mol. The Morgan fingerprint density at radius 2 is 1.92 bits per heavy atom. The summed E-state index contributed by atoms with van der Waals surface area (Å²) in [5.74, 6) is 0.328.